The van der Waals surface area contributed by atoms with Gasteiger partial charge >= 0.3 is 5.97 Å². The monoisotopic (exact) mass is 405 g/mol. The van der Waals surface area contributed by atoms with Gasteiger partial charge in [-0.2, -0.15) is 0 Å². The van der Waals surface area contributed by atoms with Crippen LogP contribution in [0.4, 0.5) is 8.78 Å². The lowest BCUT2D eigenvalue weighted by molar-refractivity contribution is -0.136. The Kier molecular flexibility index (Phi) is 5.03. The average molecular weight is 406 g/mol. The predicted octanol–water partition coefficient (Wildman–Crippen LogP) is 3.15. The minimum absolute atomic E-state index is 0.147. The highest BCUT2D eigenvalue weighted by molar-refractivity contribution is 14.1. The molecule has 0 amide bonds. The first-order chi connectivity index (χ1) is 7.47. The third-order valence-electron chi connectivity index (χ3n) is 1.96. The van der Waals surface area contributed by atoms with Crippen LogP contribution in [0.3, 0.4) is 0 Å². The van der Waals surface area contributed by atoms with Crippen molar-refractivity contribution in [1.82, 2.24) is 4.98 Å². The quantitative estimate of drug-likeness (QED) is 0.475. The molecule has 0 radical (unpaired) electrons. The zero-order chi connectivity index (χ0) is 12.3. The summed E-state index contributed by atoms with van der Waals surface area (Å²) in [7, 11) is 0. The predicted molar refractivity (Wildman–Crippen MR) is 65.9 cm³/mol. The number of alkyl halides is 3. The lowest BCUT2D eigenvalue weighted by atomic mass is 10.0. The molecule has 1 heterocycles. The lowest BCUT2D eigenvalue weighted by Gasteiger charge is -2.12. The number of carboxylic acids is 1. The summed E-state index contributed by atoms with van der Waals surface area (Å²) >= 11 is 4.81. The second-order valence-electron chi connectivity index (χ2n) is 2.97. The van der Waals surface area contributed by atoms with Crippen LogP contribution in [-0.4, -0.2) is 16.1 Å². The molecule has 1 aromatic rings. The van der Waals surface area contributed by atoms with Crippen LogP contribution in [-0.2, 0) is 16.5 Å². The van der Waals surface area contributed by atoms with E-state index in [1.54, 1.807) is 22.6 Å². The molecule has 88 valence electrons. The van der Waals surface area contributed by atoms with Crippen molar-refractivity contribution in [1.29, 1.82) is 0 Å². The fourth-order valence-electron chi connectivity index (χ4n) is 1.28. The molecule has 1 N–H and O–H groups in total. The van der Waals surface area contributed by atoms with Crippen LogP contribution in [0.1, 0.15) is 23.1 Å². The second-order valence-corrected chi connectivity index (χ2v) is 4.55. The maximum atomic E-state index is 12.8. The van der Waals surface area contributed by atoms with Gasteiger partial charge in [0.1, 0.15) is 3.70 Å². The lowest BCUT2D eigenvalue weighted by Crippen LogP contribution is -2.10. The van der Waals surface area contributed by atoms with E-state index in [0.717, 1.165) is 0 Å². The van der Waals surface area contributed by atoms with E-state index in [1.165, 1.54) is 6.20 Å². The summed E-state index contributed by atoms with van der Waals surface area (Å²) in [6, 6.07) is 0. The number of aromatic nitrogens is 1. The molecule has 0 saturated heterocycles. The fraction of sp³-hybridized carbons (Fsp3) is 0.333. The number of rotatable bonds is 4. The first-order valence-corrected chi connectivity index (χ1v) is 6.39. The van der Waals surface area contributed by atoms with Crippen molar-refractivity contribution in [3.8, 4) is 0 Å². The van der Waals surface area contributed by atoms with Gasteiger partial charge in [0.25, 0.3) is 6.43 Å². The summed E-state index contributed by atoms with van der Waals surface area (Å²) in [5, 5.41) is 9.01. The Morgan fingerprint density at radius 3 is 2.69 bits per heavy atom. The van der Waals surface area contributed by atoms with E-state index < -0.39 is 18.8 Å². The Morgan fingerprint density at radius 1 is 1.62 bits per heavy atom. The van der Waals surface area contributed by atoms with Crippen LogP contribution in [0.25, 0.3) is 0 Å². The highest BCUT2D eigenvalue weighted by atomic mass is 127. The largest absolute Gasteiger partial charge is 0.481 e. The minimum Gasteiger partial charge on any atom is -0.481 e. The number of halogens is 4. The number of nitrogens with zero attached hydrogens (tertiary/aromatic N) is 1. The topological polar surface area (TPSA) is 50.2 Å². The van der Waals surface area contributed by atoms with Gasteiger partial charge in [0.2, 0.25) is 0 Å². The molecular weight excluding hydrogens is 399 g/mol. The Morgan fingerprint density at radius 2 is 2.25 bits per heavy atom. The summed E-state index contributed by atoms with van der Waals surface area (Å²) in [4.78, 5) is 14.5. The zero-order valence-electron chi connectivity index (χ0n) is 7.88. The second kappa shape index (κ2) is 5.85. The van der Waals surface area contributed by atoms with Gasteiger partial charge in [-0.1, -0.05) is 15.9 Å². The van der Waals surface area contributed by atoms with E-state index in [9.17, 15) is 13.6 Å². The number of carboxylic acid groups (broad SMARTS) is 1. The Labute approximate surface area is 113 Å². The number of pyridine rings is 1. The normalized spacial score (nSPS) is 10.8. The molecule has 0 aliphatic carbocycles. The van der Waals surface area contributed by atoms with Crippen LogP contribution in [0.5, 0.6) is 0 Å². The van der Waals surface area contributed by atoms with E-state index in [2.05, 4.69) is 20.9 Å². The standard InChI is InChI=1S/C9H7BrF2INO2/c10-2-4-3-14-9(13)7(8(11)12)5(4)1-6(15)16/h3,8H,1-2H2,(H,15,16). The van der Waals surface area contributed by atoms with E-state index in [1.807, 2.05) is 0 Å². The van der Waals surface area contributed by atoms with Crippen molar-refractivity contribution in [3.05, 3.63) is 26.6 Å². The smallest absolute Gasteiger partial charge is 0.307 e. The average Bonchev–Trinajstić information content (AvgIpc) is 2.16. The molecule has 0 bridgehead atoms. The van der Waals surface area contributed by atoms with Crippen LogP contribution in [0, 0.1) is 3.70 Å². The highest BCUT2D eigenvalue weighted by Crippen LogP contribution is 2.30. The van der Waals surface area contributed by atoms with Crippen molar-refractivity contribution in [2.45, 2.75) is 18.2 Å². The van der Waals surface area contributed by atoms with Gasteiger partial charge in [-0.3, -0.25) is 4.79 Å². The molecule has 0 aromatic carbocycles. The molecule has 3 nitrogen and oxygen atoms in total. The summed E-state index contributed by atoms with van der Waals surface area (Å²) in [5.41, 5.74) is 0.358. The van der Waals surface area contributed by atoms with Crippen LogP contribution in [0.2, 0.25) is 0 Å². The maximum absolute atomic E-state index is 12.8. The van der Waals surface area contributed by atoms with Gasteiger partial charge in [-0.05, 0) is 33.7 Å². The first-order valence-electron chi connectivity index (χ1n) is 4.19. The van der Waals surface area contributed by atoms with Crippen molar-refractivity contribution in [2.75, 3.05) is 0 Å². The van der Waals surface area contributed by atoms with Crippen LogP contribution >= 0.6 is 38.5 Å². The molecule has 0 atom stereocenters. The van der Waals surface area contributed by atoms with Gasteiger partial charge in [0, 0.05) is 11.5 Å². The molecular formula is C9H7BrF2INO2. The minimum atomic E-state index is -2.72. The molecule has 0 saturated carbocycles. The van der Waals surface area contributed by atoms with E-state index in [4.69, 9.17) is 5.11 Å². The van der Waals surface area contributed by atoms with Gasteiger partial charge < -0.3 is 5.11 Å². The molecule has 1 rings (SSSR count). The zero-order valence-corrected chi connectivity index (χ0v) is 11.6. The van der Waals surface area contributed by atoms with Crippen molar-refractivity contribution >= 4 is 44.5 Å². The van der Waals surface area contributed by atoms with Gasteiger partial charge in [0.15, 0.2) is 0 Å². The summed E-state index contributed by atoms with van der Waals surface area (Å²) in [5.74, 6) is -1.13. The van der Waals surface area contributed by atoms with Crippen molar-refractivity contribution in [3.63, 3.8) is 0 Å². The molecule has 0 aliphatic rings. The highest BCUT2D eigenvalue weighted by Gasteiger charge is 2.22. The first kappa shape index (κ1) is 13.8. The van der Waals surface area contributed by atoms with Gasteiger partial charge in [0.05, 0.1) is 12.0 Å². The number of hydrogen-bond donors (Lipinski definition) is 1. The van der Waals surface area contributed by atoms with E-state index in [-0.39, 0.29) is 14.8 Å². The fourth-order valence-corrected chi connectivity index (χ4v) is 2.46. The molecule has 0 spiro atoms. The Hall–Kier alpha value is -0.310. The van der Waals surface area contributed by atoms with Crippen LogP contribution in [0.15, 0.2) is 6.20 Å². The molecule has 0 unspecified atom stereocenters. The van der Waals surface area contributed by atoms with E-state index >= 15 is 0 Å². The molecule has 1 aromatic heterocycles. The van der Waals surface area contributed by atoms with Crippen molar-refractivity contribution < 1.29 is 18.7 Å². The third kappa shape index (κ3) is 3.09. The number of hydrogen-bond acceptors (Lipinski definition) is 2. The van der Waals surface area contributed by atoms with E-state index in [0.29, 0.717) is 10.9 Å². The SMILES string of the molecule is O=C(O)Cc1c(CBr)cnc(I)c1C(F)F. The summed E-state index contributed by atoms with van der Waals surface area (Å²) in [6.07, 6.45) is -1.72. The van der Waals surface area contributed by atoms with Crippen LogP contribution < -0.4 is 0 Å². The van der Waals surface area contributed by atoms with Gasteiger partial charge in [-0.25, -0.2) is 13.8 Å². The number of aliphatic carboxylic acids is 1. The Bertz CT molecular complexity index is 415. The van der Waals surface area contributed by atoms with Crippen molar-refractivity contribution in [2.24, 2.45) is 0 Å². The third-order valence-corrected chi connectivity index (χ3v) is 3.42. The maximum Gasteiger partial charge on any atom is 0.307 e. The molecule has 7 heteroatoms. The summed E-state index contributed by atoms with van der Waals surface area (Å²) in [6.45, 7) is 0. The summed E-state index contributed by atoms with van der Waals surface area (Å²) < 4.78 is 25.8. The van der Waals surface area contributed by atoms with Gasteiger partial charge in [-0.15, -0.1) is 0 Å². The molecule has 16 heavy (non-hydrogen) atoms. The molecule has 0 aliphatic heterocycles. The molecule has 0 fully saturated rings. The Balaban J connectivity index is 3.36. The number of carbonyl (C=O) groups is 1.